The van der Waals surface area contributed by atoms with E-state index in [4.69, 9.17) is 11.6 Å². The average Bonchev–Trinajstić information content (AvgIpc) is 3.35. The number of aryl methyl sites for hydroxylation is 1. The minimum Gasteiger partial charge on any atom is -0.341 e. The topological polar surface area (TPSA) is 73.8 Å². The molecule has 9 heteroatoms. The van der Waals surface area contributed by atoms with Crippen molar-refractivity contribution in [3.8, 4) is 11.5 Å². The molecule has 0 saturated heterocycles. The Kier molecular flexibility index (Phi) is 4.13. The van der Waals surface area contributed by atoms with E-state index < -0.39 is 0 Å². The van der Waals surface area contributed by atoms with Gasteiger partial charge in [0, 0.05) is 54.2 Å². The van der Waals surface area contributed by atoms with Gasteiger partial charge in [-0.2, -0.15) is 5.10 Å². The van der Waals surface area contributed by atoms with Crippen LogP contribution in [0.3, 0.4) is 0 Å². The summed E-state index contributed by atoms with van der Waals surface area (Å²) < 4.78 is 5.65. The monoisotopic (exact) mass is 445 g/mol. The van der Waals surface area contributed by atoms with Crippen molar-refractivity contribution in [2.75, 3.05) is 11.4 Å². The molecule has 32 heavy (non-hydrogen) atoms. The summed E-state index contributed by atoms with van der Waals surface area (Å²) in [6.45, 7) is 2.39. The van der Waals surface area contributed by atoms with E-state index in [0.717, 1.165) is 41.4 Å². The number of benzene rings is 2. The van der Waals surface area contributed by atoms with Gasteiger partial charge >= 0.3 is 0 Å². The quantitative estimate of drug-likeness (QED) is 0.416. The molecule has 6 rings (SSSR count). The van der Waals surface area contributed by atoms with Gasteiger partial charge in [-0.25, -0.2) is 4.68 Å². The van der Waals surface area contributed by atoms with Crippen molar-refractivity contribution < 1.29 is 0 Å². The van der Waals surface area contributed by atoms with Crippen LogP contribution in [-0.4, -0.2) is 35.7 Å². The highest BCUT2D eigenvalue weighted by molar-refractivity contribution is 6.31. The summed E-state index contributed by atoms with van der Waals surface area (Å²) in [5.74, 6) is 1.40. The van der Waals surface area contributed by atoms with Crippen molar-refractivity contribution >= 4 is 39.2 Å². The van der Waals surface area contributed by atoms with Gasteiger partial charge in [0.1, 0.15) is 5.69 Å². The van der Waals surface area contributed by atoms with Crippen LogP contribution in [-0.2, 0) is 27.2 Å². The lowest BCUT2D eigenvalue weighted by atomic mass is 10.1. The van der Waals surface area contributed by atoms with E-state index in [1.54, 1.807) is 7.05 Å². The molecule has 0 spiro atoms. The van der Waals surface area contributed by atoms with Gasteiger partial charge in [-0.15, -0.1) is 10.2 Å². The first-order valence-electron chi connectivity index (χ1n) is 10.4. The summed E-state index contributed by atoms with van der Waals surface area (Å²) in [6.07, 6.45) is 0. The molecule has 0 unspecified atom stereocenters. The van der Waals surface area contributed by atoms with Gasteiger partial charge in [-0.1, -0.05) is 29.8 Å². The molecule has 2 aromatic carbocycles. The lowest BCUT2D eigenvalue weighted by Crippen LogP contribution is -2.35. The zero-order valence-corrected chi connectivity index (χ0v) is 18.4. The average molecular weight is 446 g/mol. The molecule has 0 bridgehead atoms. The highest BCUT2D eigenvalue weighted by atomic mass is 35.5. The fourth-order valence-electron chi connectivity index (χ4n) is 4.63. The summed E-state index contributed by atoms with van der Waals surface area (Å²) in [5, 5.41) is 16.7. The fourth-order valence-corrected chi connectivity index (χ4v) is 4.81. The molecule has 0 aliphatic carbocycles. The first-order chi connectivity index (χ1) is 15.5. The molecule has 1 aliphatic heterocycles. The number of nitrogens with zero attached hydrogens (tertiary/aromatic N) is 7. The second kappa shape index (κ2) is 6.93. The zero-order chi connectivity index (χ0) is 22.0. The van der Waals surface area contributed by atoms with Crippen molar-refractivity contribution in [2.45, 2.75) is 13.1 Å². The Labute approximate surface area is 188 Å². The van der Waals surface area contributed by atoms with E-state index in [0.29, 0.717) is 16.9 Å². The van der Waals surface area contributed by atoms with Crippen LogP contribution < -0.4 is 10.5 Å². The van der Waals surface area contributed by atoms with Crippen LogP contribution in [0.5, 0.6) is 0 Å². The number of aromatic nitrogens is 6. The molecule has 0 saturated carbocycles. The molecule has 8 nitrogen and oxygen atoms in total. The number of hydrogen-bond donors (Lipinski definition) is 0. The lowest BCUT2D eigenvalue weighted by Gasteiger charge is -2.29. The molecule has 160 valence electrons. The Bertz CT molecular complexity index is 1580. The summed E-state index contributed by atoms with van der Waals surface area (Å²) in [7, 11) is 3.60. The minimum absolute atomic E-state index is 0.129. The van der Waals surface area contributed by atoms with Gasteiger partial charge in [0.2, 0.25) is 5.95 Å². The third-order valence-electron chi connectivity index (χ3n) is 6.20. The molecule has 0 atom stereocenters. The smallest absolute Gasteiger partial charge is 0.274 e. The Balaban J connectivity index is 1.42. The molecular formula is C23H20ClN7O. The third kappa shape index (κ3) is 2.76. The van der Waals surface area contributed by atoms with E-state index in [9.17, 15) is 4.79 Å². The summed E-state index contributed by atoms with van der Waals surface area (Å²) in [4.78, 5) is 14.7. The Hall–Kier alpha value is -3.65. The van der Waals surface area contributed by atoms with Crippen LogP contribution in [0.25, 0.3) is 33.2 Å². The molecule has 5 aromatic rings. The number of rotatable bonds is 2. The second-order valence-corrected chi connectivity index (χ2v) is 8.55. The SMILES string of the molecule is Cn1c(-c2nn(C)c(=O)c3ccccc23)nnc1N1CCn2c(cc3cc(Cl)ccc32)C1. The predicted molar refractivity (Wildman–Crippen MR) is 125 cm³/mol. The number of halogens is 1. The van der Waals surface area contributed by atoms with Crippen molar-refractivity contribution in [2.24, 2.45) is 14.1 Å². The summed E-state index contributed by atoms with van der Waals surface area (Å²) in [5.41, 5.74) is 2.92. The minimum atomic E-state index is -0.129. The van der Waals surface area contributed by atoms with Crippen LogP contribution in [0.2, 0.25) is 5.02 Å². The standard InChI is InChI=1S/C23H20ClN7O/c1-28-21(20-17-5-3-4-6-18(17)22(32)29(2)27-20)25-26-23(28)30-9-10-31-16(13-30)12-14-11-15(24)7-8-19(14)31/h3-8,11-12H,9-10,13H2,1-2H3. The van der Waals surface area contributed by atoms with Crippen LogP contribution >= 0.6 is 11.6 Å². The number of fused-ring (bicyclic) bond motifs is 4. The Morgan fingerprint density at radius 1 is 0.969 bits per heavy atom. The van der Waals surface area contributed by atoms with E-state index in [-0.39, 0.29) is 5.56 Å². The van der Waals surface area contributed by atoms with E-state index >= 15 is 0 Å². The molecule has 1 aliphatic rings. The van der Waals surface area contributed by atoms with Gasteiger partial charge in [0.15, 0.2) is 5.82 Å². The second-order valence-electron chi connectivity index (χ2n) is 8.12. The van der Waals surface area contributed by atoms with Gasteiger partial charge < -0.3 is 9.47 Å². The molecule has 0 fully saturated rings. The van der Waals surface area contributed by atoms with Crippen LogP contribution in [0.15, 0.2) is 53.3 Å². The zero-order valence-electron chi connectivity index (χ0n) is 17.7. The van der Waals surface area contributed by atoms with E-state index in [1.165, 1.54) is 15.9 Å². The third-order valence-corrected chi connectivity index (χ3v) is 6.43. The molecule has 0 radical (unpaired) electrons. The number of anilines is 1. The van der Waals surface area contributed by atoms with Crippen molar-refractivity contribution in [3.05, 3.63) is 69.6 Å². The largest absolute Gasteiger partial charge is 0.341 e. The van der Waals surface area contributed by atoms with Gasteiger partial charge in [0.05, 0.1) is 11.9 Å². The molecule has 3 aromatic heterocycles. The predicted octanol–water partition coefficient (Wildman–Crippen LogP) is 3.36. The van der Waals surface area contributed by atoms with Crippen LogP contribution in [0.4, 0.5) is 5.95 Å². The van der Waals surface area contributed by atoms with Crippen molar-refractivity contribution in [3.63, 3.8) is 0 Å². The van der Waals surface area contributed by atoms with Gasteiger partial charge in [-0.05, 0) is 30.3 Å². The first-order valence-corrected chi connectivity index (χ1v) is 10.8. The van der Waals surface area contributed by atoms with Crippen LogP contribution in [0.1, 0.15) is 5.69 Å². The first kappa shape index (κ1) is 19.1. The summed E-state index contributed by atoms with van der Waals surface area (Å²) in [6, 6.07) is 15.7. The number of hydrogen-bond acceptors (Lipinski definition) is 5. The maximum Gasteiger partial charge on any atom is 0.274 e. The molecule has 0 N–H and O–H groups in total. The van der Waals surface area contributed by atoms with Gasteiger partial charge in [-0.3, -0.25) is 9.36 Å². The van der Waals surface area contributed by atoms with Gasteiger partial charge in [0.25, 0.3) is 5.56 Å². The molecule has 4 heterocycles. The van der Waals surface area contributed by atoms with Crippen molar-refractivity contribution in [1.82, 2.24) is 29.1 Å². The molecule has 0 amide bonds. The Morgan fingerprint density at radius 3 is 2.62 bits per heavy atom. The highest BCUT2D eigenvalue weighted by Crippen LogP contribution is 2.30. The van der Waals surface area contributed by atoms with E-state index in [1.807, 2.05) is 48.0 Å². The normalized spacial score (nSPS) is 13.8. The molecular weight excluding hydrogens is 426 g/mol. The maximum absolute atomic E-state index is 12.5. The summed E-state index contributed by atoms with van der Waals surface area (Å²) >= 11 is 6.18. The highest BCUT2D eigenvalue weighted by Gasteiger charge is 2.25. The van der Waals surface area contributed by atoms with Crippen LogP contribution in [0, 0.1) is 0 Å². The fraction of sp³-hybridized carbons (Fsp3) is 0.217. The van der Waals surface area contributed by atoms with Crippen molar-refractivity contribution in [1.29, 1.82) is 0 Å². The maximum atomic E-state index is 12.5. The van der Waals surface area contributed by atoms with E-state index in [2.05, 4.69) is 36.9 Å². The Morgan fingerprint density at radius 2 is 1.78 bits per heavy atom. The lowest BCUT2D eigenvalue weighted by molar-refractivity contribution is 0.569.